The number of halogens is 2. The van der Waals surface area contributed by atoms with Gasteiger partial charge < -0.3 is 11.1 Å². The molecular formula is C27H38F2N2S. The van der Waals surface area contributed by atoms with Gasteiger partial charge in [-0.3, -0.25) is 0 Å². The molecule has 1 aromatic rings. The average Bonchev–Trinajstić information content (AvgIpc) is 2.78. The van der Waals surface area contributed by atoms with Gasteiger partial charge in [0.25, 0.3) is 0 Å². The van der Waals surface area contributed by atoms with Gasteiger partial charge in [-0.05, 0) is 98.5 Å². The van der Waals surface area contributed by atoms with E-state index in [1.165, 1.54) is 18.4 Å². The molecule has 5 saturated carbocycles. The van der Waals surface area contributed by atoms with Crippen LogP contribution in [-0.2, 0) is 5.41 Å². The predicted molar refractivity (Wildman–Crippen MR) is 130 cm³/mol. The summed E-state index contributed by atoms with van der Waals surface area (Å²) < 4.78 is 27.4. The molecule has 32 heavy (non-hydrogen) atoms. The molecule has 5 fully saturated rings. The van der Waals surface area contributed by atoms with Gasteiger partial charge in [0.2, 0.25) is 6.43 Å². The van der Waals surface area contributed by atoms with Gasteiger partial charge in [0.15, 0.2) is 0 Å². The van der Waals surface area contributed by atoms with Gasteiger partial charge in [0, 0.05) is 17.9 Å². The van der Waals surface area contributed by atoms with Crippen LogP contribution >= 0.6 is 12.2 Å². The molecule has 0 saturated heterocycles. The third-order valence-electron chi connectivity index (χ3n) is 10.1. The zero-order chi connectivity index (χ0) is 22.6. The molecule has 5 heteroatoms. The lowest BCUT2D eigenvalue weighted by Gasteiger charge is -2.69. The molecule has 2 nitrogen and oxygen atoms in total. The summed E-state index contributed by atoms with van der Waals surface area (Å²) >= 11 is 6.16. The monoisotopic (exact) mass is 460 g/mol. The number of rotatable bonds is 6. The SMILES string of the molecule is CC1(CC(F)F)C2CC3(C(=S)N[C@H]4CC[C@H](CN)CC4)CC1CC(c1ccccc1)(C2)C3. The van der Waals surface area contributed by atoms with E-state index in [-0.39, 0.29) is 22.7 Å². The molecule has 0 aliphatic heterocycles. The lowest BCUT2D eigenvalue weighted by Crippen LogP contribution is -2.65. The van der Waals surface area contributed by atoms with Crippen LogP contribution in [0.4, 0.5) is 8.78 Å². The Kier molecular flexibility index (Phi) is 5.89. The summed E-state index contributed by atoms with van der Waals surface area (Å²) in [6.45, 7) is 2.94. The number of nitrogens with one attached hydrogen (secondary N) is 1. The predicted octanol–water partition coefficient (Wildman–Crippen LogP) is 6.23. The minimum atomic E-state index is -2.23. The van der Waals surface area contributed by atoms with Crippen LogP contribution in [-0.4, -0.2) is 24.0 Å². The summed E-state index contributed by atoms with van der Waals surface area (Å²) in [5.74, 6) is 1.27. The zero-order valence-electron chi connectivity index (χ0n) is 19.3. The molecule has 2 unspecified atom stereocenters. The summed E-state index contributed by atoms with van der Waals surface area (Å²) in [5, 5.41) is 3.80. The molecule has 0 radical (unpaired) electrons. The van der Waals surface area contributed by atoms with E-state index in [0.29, 0.717) is 23.8 Å². The number of hydrogen-bond acceptors (Lipinski definition) is 2. The molecule has 176 valence electrons. The van der Waals surface area contributed by atoms with E-state index in [1.807, 2.05) is 0 Å². The Morgan fingerprint density at radius 1 is 1.06 bits per heavy atom. The molecule has 2 atom stereocenters. The molecule has 5 aliphatic carbocycles. The number of hydrogen-bond donors (Lipinski definition) is 2. The van der Waals surface area contributed by atoms with Gasteiger partial charge in [-0.25, -0.2) is 8.78 Å². The Balaban J connectivity index is 1.43. The first kappa shape index (κ1) is 22.7. The first-order chi connectivity index (χ1) is 15.3. The van der Waals surface area contributed by atoms with Crippen molar-refractivity contribution in [2.24, 2.45) is 34.3 Å². The van der Waals surface area contributed by atoms with Crippen LogP contribution in [0, 0.1) is 28.6 Å². The Morgan fingerprint density at radius 3 is 2.25 bits per heavy atom. The average molecular weight is 461 g/mol. The third kappa shape index (κ3) is 3.72. The molecule has 5 aliphatic rings. The van der Waals surface area contributed by atoms with E-state index in [1.54, 1.807) is 0 Å². The second-order valence-corrected chi connectivity index (χ2v) is 12.2. The van der Waals surface area contributed by atoms with E-state index in [4.69, 9.17) is 18.0 Å². The van der Waals surface area contributed by atoms with Crippen molar-refractivity contribution in [1.82, 2.24) is 5.32 Å². The first-order valence-corrected chi connectivity index (χ1v) is 13.0. The fraction of sp³-hybridized carbons (Fsp3) is 0.741. The van der Waals surface area contributed by atoms with Crippen molar-refractivity contribution < 1.29 is 8.78 Å². The molecule has 0 spiro atoms. The highest BCUT2D eigenvalue weighted by molar-refractivity contribution is 7.80. The van der Waals surface area contributed by atoms with Crippen LogP contribution in [0.15, 0.2) is 30.3 Å². The van der Waals surface area contributed by atoms with Crippen LogP contribution < -0.4 is 11.1 Å². The highest BCUT2D eigenvalue weighted by Crippen LogP contribution is 2.72. The second kappa shape index (κ2) is 8.30. The zero-order valence-corrected chi connectivity index (χ0v) is 20.1. The van der Waals surface area contributed by atoms with Crippen molar-refractivity contribution in [3.63, 3.8) is 0 Å². The molecule has 1 aromatic carbocycles. The van der Waals surface area contributed by atoms with Crippen molar-refractivity contribution in [2.75, 3.05) is 6.54 Å². The second-order valence-electron chi connectivity index (χ2n) is 11.8. The maximum atomic E-state index is 13.7. The minimum Gasteiger partial charge on any atom is -0.376 e. The van der Waals surface area contributed by atoms with Crippen LogP contribution in [0.5, 0.6) is 0 Å². The van der Waals surface area contributed by atoms with Gasteiger partial charge in [-0.2, -0.15) is 0 Å². The van der Waals surface area contributed by atoms with E-state index in [0.717, 1.165) is 56.5 Å². The third-order valence-corrected chi connectivity index (χ3v) is 10.6. The Morgan fingerprint density at radius 2 is 1.69 bits per heavy atom. The Bertz CT molecular complexity index is 817. The van der Waals surface area contributed by atoms with Crippen molar-refractivity contribution in [1.29, 1.82) is 0 Å². The maximum Gasteiger partial charge on any atom is 0.239 e. The molecule has 0 heterocycles. The van der Waals surface area contributed by atoms with Gasteiger partial charge >= 0.3 is 0 Å². The van der Waals surface area contributed by atoms with Crippen molar-refractivity contribution >= 4 is 17.2 Å². The normalized spacial score (nSPS) is 42.9. The molecular weight excluding hydrogens is 422 g/mol. The topological polar surface area (TPSA) is 38.0 Å². The summed E-state index contributed by atoms with van der Waals surface area (Å²) in [6.07, 6.45) is 7.52. The van der Waals surface area contributed by atoms with Crippen LogP contribution in [0.1, 0.15) is 76.7 Å². The fourth-order valence-electron chi connectivity index (χ4n) is 8.34. The molecule has 6 rings (SSSR count). The van der Waals surface area contributed by atoms with Crippen LogP contribution in [0.2, 0.25) is 0 Å². The number of nitrogens with two attached hydrogens (primary N) is 1. The Labute approximate surface area is 197 Å². The lowest BCUT2D eigenvalue weighted by molar-refractivity contribution is -0.151. The molecule has 3 N–H and O–H groups in total. The van der Waals surface area contributed by atoms with Gasteiger partial charge in [-0.1, -0.05) is 49.5 Å². The molecule has 0 amide bonds. The number of thiocarbonyl (C=S) groups is 1. The van der Waals surface area contributed by atoms with Gasteiger partial charge in [0.05, 0.1) is 4.99 Å². The highest BCUT2D eigenvalue weighted by atomic mass is 32.1. The van der Waals surface area contributed by atoms with Crippen molar-refractivity contribution in [2.45, 2.75) is 89.0 Å². The summed E-state index contributed by atoms with van der Waals surface area (Å²) in [6, 6.07) is 11.3. The smallest absolute Gasteiger partial charge is 0.239 e. The number of benzene rings is 1. The highest BCUT2D eigenvalue weighted by Gasteiger charge is 2.66. The molecule has 4 bridgehead atoms. The first-order valence-electron chi connectivity index (χ1n) is 12.6. The Hall–Kier alpha value is -1.07. The van der Waals surface area contributed by atoms with Crippen molar-refractivity contribution in [3.8, 4) is 0 Å². The largest absolute Gasteiger partial charge is 0.376 e. The quantitative estimate of drug-likeness (QED) is 0.494. The standard InChI is InChI=1S/C27H38F2N2S/c1-25(15-23(28)29)20-11-26(19-5-3-2-4-6-19)12-21(25)14-27(13-20,17-26)24(32)31-22-9-7-18(16-30)8-10-22/h2-6,18,20-23H,7-17,30H2,1H3,(H,31,32)/t18-,20?,21?,22-,25?,26?,27?. The van der Waals surface area contributed by atoms with E-state index >= 15 is 0 Å². The molecule has 0 aromatic heterocycles. The van der Waals surface area contributed by atoms with Crippen molar-refractivity contribution in [3.05, 3.63) is 35.9 Å². The van der Waals surface area contributed by atoms with E-state index < -0.39 is 6.43 Å². The minimum absolute atomic E-state index is 0.0343. The lowest BCUT2D eigenvalue weighted by atomic mass is 9.36. The fourth-order valence-corrected chi connectivity index (χ4v) is 8.75. The van der Waals surface area contributed by atoms with E-state index in [2.05, 4.69) is 42.6 Å². The van der Waals surface area contributed by atoms with Gasteiger partial charge in [-0.15, -0.1) is 0 Å². The van der Waals surface area contributed by atoms with Crippen LogP contribution in [0.3, 0.4) is 0 Å². The summed E-state index contributed by atoms with van der Waals surface area (Å²) in [5.41, 5.74) is 7.05. The van der Waals surface area contributed by atoms with Crippen LogP contribution in [0.25, 0.3) is 0 Å². The van der Waals surface area contributed by atoms with Gasteiger partial charge in [0.1, 0.15) is 0 Å². The maximum absolute atomic E-state index is 13.7. The number of alkyl halides is 2. The van der Waals surface area contributed by atoms with E-state index in [9.17, 15) is 8.78 Å². The summed E-state index contributed by atoms with van der Waals surface area (Å²) in [4.78, 5) is 1.03. The summed E-state index contributed by atoms with van der Waals surface area (Å²) in [7, 11) is 0.